The van der Waals surface area contributed by atoms with Crippen LogP contribution < -0.4 is 5.32 Å². The van der Waals surface area contributed by atoms with Gasteiger partial charge in [-0.2, -0.15) is 0 Å². The van der Waals surface area contributed by atoms with Gasteiger partial charge in [0.2, 0.25) is 0 Å². The minimum Gasteiger partial charge on any atom is -0.383 e. The third kappa shape index (κ3) is 5.78. The van der Waals surface area contributed by atoms with Crippen LogP contribution in [0.1, 0.15) is 27.7 Å². The van der Waals surface area contributed by atoms with Crippen LogP contribution >= 0.6 is 0 Å². The Balaban J connectivity index is 4.22. The molecule has 0 bridgehead atoms. The van der Waals surface area contributed by atoms with Gasteiger partial charge < -0.3 is 5.32 Å². The maximum atomic E-state index is 3.34. The Morgan fingerprint density at radius 3 is 2.25 bits per heavy atom. The molecule has 0 aliphatic carbocycles. The molecule has 0 amide bonds. The van der Waals surface area contributed by atoms with Gasteiger partial charge in [-0.15, -0.1) is 0 Å². The molecule has 0 saturated heterocycles. The molecule has 0 fully saturated rings. The fourth-order valence-corrected chi connectivity index (χ4v) is 0.865. The van der Waals surface area contributed by atoms with Gasteiger partial charge in [-0.3, -0.25) is 0 Å². The maximum Gasteiger partial charge on any atom is 0.0338 e. The van der Waals surface area contributed by atoms with Crippen LogP contribution in [0.15, 0.2) is 36.1 Å². The molecule has 0 atom stereocenters. The second-order valence-corrected chi connectivity index (χ2v) is 2.95. The van der Waals surface area contributed by atoms with E-state index in [-0.39, 0.29) is 0 Å². The molecule has 0 aromatic carbocycles. The Kier molecular flexibility index (Phi) is 6.16. The van der Waals surface area contributed by atoms with Crippen LogP contribution in [0.5, 0.6) is 0 Å². The smallest absolute Gasteiger partial charge is 0.0338 e. The van der Waals surface area contributed by atoms with Crippen molar-refractivity contribution < 1.29 is 0 Å². The third-order valence-electron chi connectivity index (χ3n) is 1.27. The van der Waals surface area contributed by atoms with Crippen molar-refractivity contribution in [1.82, 2.24) is 5.32 Å². The predicted octanol–water partition coefficient (Wildman–Crippen LogP) is 3.02. The average molecular weight is 165 g/mol. The highest BCUT2D eigenvalue weighted by Gasteiger charge is 1.91. The minimum absolute atomic E-state index is 0.484. The lowest BCUT2D eigenvalue weighted by atomic mass is 10.3. The molecule has 0 spiro atoms. The molecular formula is C11H19N. The largest absolute Gasteiger partial charge is 0.383 e. The first kappa shape index (κ1) is 11.0. The highest BCUT2D eigenvalue weighted by Crippen LogP contribution is 1.95. The van der Waals surface area contributed by atoms with Crippen LogP contribution in [0.25, 0.3) is 0 Å². The summed E-state index contributed by atoms with van der Waals surface area (Å²) in [5.41, 5.74) is 1.16. The molecule has 0 aromatic heterocycles. The van der Waals surface area contributed by atoms with Crippen molar-refractivity contribution in [2.24, 2.45) is 0 Å². The summed E-state index contributed by atoms with van der Waals surface area (Å²) in [5, 5.41) is 3.34. The molecule has 0 rings (SSSR count). The van der Waals surface area contributed by atoms with Crippen LogP contribution in [0.3, 0.4) is 0 Å². The maximum absolute atomic E-state index is 3.34. The van der Waals surface area contributed by atoms with Crippen molar-refractivity contribution in [2.75, 3.05) is 0 Å². The van der Waals surface area contributed by atoms with E-state index >= 15 is 0 Å². The first-order chi connectivity index (χ1) is 5.70. The standard InChI is InChI=1S/C11H19N/c1-5-7-9-11(8-6-2)12-10(3)4/h5-10,12H,1-4H3/b7-5+,8-6-,11-9+. The molecule has 0 aliphatic rings. The van der Waals surface area contributed by atoms with Gasteiger partial charge in [0.25, 0.3) is 0 Å². The topological polar surface area (TPSA) is 12.0 Å². The van der Waals surface area contributed by atoms with Crippen molar-refractivity contribution in [1.29, 1.82) is 0 Å². The first-order valence-electron chi connectivity index (χ1n) is 4.43. The van der Waals surface area contributed by atoms with Crippen LogP contribution in [0.4, 0.5) is 0 Å². The lowest BCUT2D eigenvalue weighted by Crippen LogP contribution is -2.20. The Bertz CT molecular complexity index is 185. The van der Waals surface area contributed by atoms with Gasteiger partial charge in [-0.25, -0.2) is 0 Å². The van der Waals surface area contributed by atoms with Gasteiger partial charge in [0.15, 0.2) is 0 Å². The van der Waals surface area contributed by atoms with Crippen LogP contribution in [0.2, 0.25) is 0 Å². The zero-order valence-corrected chi connectivity index (χ0v) is 8.46. The van der Waals surface area contributed by atoms with Gasteiger partial charge in [-0.1, -0.05) is 18.2 Å². The molecule has 0 aromatic rings. The van der Waals surface area contributed by atoms with Crippen molar-refractivity contribution in [2.45, 2.75) is 33.7 Å². The molecule has 12 heavy (non-hydrogen) atoms. The Morgan fingerprint density at radius 1 is 1.17 bits per heavy atom. The minimum atomic E-state index is 0.484. The van der Waals surface area contributed by atoms with Crippen LogP contribution in [-0.2, 0) is 0 Å². The molecule has 0 radical (unpaired) electrons. The van der Waals surface area contributed by atoms with E-state index in [1.807, 2.05) is 32.1 Å². The summed E-state index contributed by atoms with van der Waals surface area (Å²) in [5.74, 6) is 0. The summed E-state index contributed by atoms with van der Waals surface area (Å²) < 4.78 is 0. The van der Waals surface area contributed by atoms with Crippen molar-refractivity contribution in [3.63, 3.8) is 0 Å². The van der Waals surface area contributed by atoms with Crippen molar-refractivity contribution in [3.8, 4) is 0 Å². The number of hydrogen-bond acceptors (Lipinski definition) is 1. The Morgan fingerprint density at radius 2 is 1.83 bits per heavy atom. The molecule has 0 heterocycles. The summed E-state index contributed by atoms with van der Waals surface area (Å²) in [6, 6.07) is 0.484. The fourth-order valence-electron chi connectivity index (χ4n) is 0.865. The second-order valence-electron chi connectivity index (χ2n) is 2.95. The number of nitrogens with one attached hydrogen (secondary N) is 1. The van der Waals surface area contributed by atoms with Gasteiger partial charge in [-0.05, 0) is 39.8 Å². The molecule has 1 N–H and O–H groups in total. The zero-order chi connectivity index (χ0) is 9.40. The summed E-state index contributed by atoms with van der Waals surface area (Å²) in [4.78, 5) is 0. The van der Waals surface area contributed by atoms with E-state index < -0.39 is 0 Å². The lowest BCUT2D eigenvalue weighted by Gasteiger charge is -2.09. The first-order valence-corrected chi connectivity index (χ1v) is 4.43. The summed E-state index contributed by atoms with van der Waals surface area (Å²) in [7, 11) is 0. The second kappa shape index (κ2) is 6.71. The fraction of sp³-hybridized carbons (Fsp3) is 0.455. The van der Waals surface area contributed by atoms with E-state index in [1.165, 1.54) is 0 Å². The molecule has 1 heteroatoms. The molecule has 0 aliphatic heterocycles. The van der Waals surface area contributed by atoms with E-state index in [0.717, 1.165) is 5.70 Å². The Hall–Kier alpha value is -0.980. The van der Waals surface area contributed by atoms with Gasteiger partial charge in [0.05, 0.1) is 0 Å². The SMILES string of the molecule is C\C=C/C(=C\C=C\C)NC(C)C. The summed E-state index contributed by atoms with van der Waals surface area (Å²) >= 11 is 0. The predicted molar refractivity (Wildman–Crippen MR) is 56.0 cm³/mol. The Labute approximate surface area is 75.9 Å². The monoisotopic (exact) mass is 165 g/mol. The molecule has 0 unspecified atom stereocenters. The number of allylic oxidation sites excluding steroid dienone is 5. The van der Waals surface area contributed by atoms with Crippen molar-refractivity contribution in [3.05, 3.63) is 36.1 Å². The lowest BCUT2D eigenvalue weighted by molar-refractivity contribution is 0.681. The molecule has 1 nitrogen and oxygen atoms in total. The van der Waals surface area contributed by atoms with Crippen LogP contribution in [-0.4, -0.2) is 6.04 Å². The summed E-state index contributed by atoms with van der Waals surface area (Å²) in [6.07, 6.45) is 10.2. The molecular weight excluding hydrogens is 146 g/mol. The van der Waals surface area contributed by atoms with E-state index in [1.54, 1.807) is 0 Å². The molecule has 68 valence electrons. The molecule has 0 saturated carbocycles. The van der Waals surface area contributed by atoms with Gasteiger partial charge in [0, 0.05) is 11.7 Å². The van der Waals surface area contributed by atoms with Gasteiger partial charge in [0.1, 0.15) is 0 Å². The number of hydrogen-bond donors (Lipinski definition) is 1. The van der Waals surface area contributed by atoms with E-state index in [2.05, 4.69) is 31.3 Å². The highest BCUT2D eigenvalue weighted by atomic mass is 14.9. The quantitative estimate of drug-likeness (QED) is 0.631. The normalized spacial score (nSPS) is 13.6. The van der Waals surface area contributed by atoms with E-state index in [0.29, 0.717) is 6.04 Å². The van der Waals surface area contributed by atoms with Crippen molar-refractivity contribution >= 4 is 0 Å². The average Bonchev–Trinajstić information content (AvgIpc) is 2.00. The highest BCUT2D eigenvalue weighted by molar-refractivity contribution is 5.21. The third-order valence-corrected chi connectivity index (χ3v) is 1.27. The van der Waals surface area contributed by atoms with E-state index in [4.69, 9.17) is 0 Å². The number of rotatable bonds is 4. The van der Waals surface area contributed by atoms with Crippen LogP contribution in [0, 0.1) is 0 Å². The van der Waals surface area contributed by atoms with Gasteiger partial charge >= 0.3 is 0 Å². The summed E-state index contributed by atoms with van der Waals surface area (Å²) in [6.45, 7) is 8.30. The zero-order valence-electron chi connectivity index (χ0n) is 8.46. The van der Waals surface area contributed by atoms with E-state index in [9.17, 15) is 0 Å².